The molecule has 0 aliphatic rings. The number of fused-ring (bicyclic) bond motifs is 1. The van der Waals surface area contributed by atoms with Crippen LogP contribution in [0.2, 0.25) is 0 Å². The van der Waals surface area contributed by atoms with Crippen LogP contribution in [0.1, 0.15) is 5.69 Å². The van der Waals surface area contributed by atoms with Gasteiger partial charge in [0.15, 0.2) is 6.10 Å². The van der Waals surface area contributed by atoms with Gasteiger partial charge in [-0.2, -0.15) is 0 Å². The molecule has 4 nitrogen and oxygen atoms in total. The molecule has 1 aromatic heterocycles. The maximum atomic E-state index is 10.8. The largest absolute Gasteiger partial charge is 0.479 e. The van der Waals surface area contributed by atoms with E-state index in [1.807, 2.05) is 36.4 Å². The van der Waals surface area contributed by atoms with Crippen LogP contribution in [-0.2, 0) is 16.0 Å². The van der Waals surface area contributed by atoms with Crippen molar-refractivity contribution in [2.75, 3.05) is 7.11 Å². The summed E-state index contributed by atoms with van der Waals surface area (Å²) in [5.74, 6) is -0.970. The Morgan fingerprint density at radius 1 is 1.35 bits per heavy atom. The van der Waals surface area contributed by atoms with Gasteiger partial charge in [-0.3, -0.25) is 4.98 Å². The zero-order valence-electron chi connectivity index (χ0n) is 9.46. The third kappa shape index (κ3) is 2.60. The van der Waals surface area contributed by atoms with E-state index in [0.717, 1.165) is 16.6 Å². The van der Waals surface area contributed by atoms with Gasteiger partial charge >= 0.3 is 5.97 Å². The van der Waals surface area contributed by atoms with Gasteiger partial charge in [0.2, 0.25) is 0 Å². The minimum Gasteiger partial charge on any atom is -0.479 e. The van der Waals surface area contributed by atoms with Crippen LogP contribution in [-0.4, -0.2) is 29.3 Å². The lowest BCUT2D eigenvalue weighted by Gasteiger charge is -2.10. The predicted molar refractivity (Wildman–Crippen MR) is 63.9 cm³/mol. The van der Waals surface area contributed by atoms with Crippen molar-refractivity contribution < 1.29 is 14.6 Å². The smallest absolute Gasteiger partial charge is 0.333 e. The molecule has 0 aliphatic heterocycles. The number of carbonyl (C=O) groups is 1. The molecule has 0 aliphatic carbocycles. The molecule has 4 heteroatoms. The minimum atomic E-state index is -0.970. The van der Waals surface area contributed by atoms with Crippen molar-refractivity contribution in [2.45, 2.75) is 12.5 Å². The van der Waals surface area contributed by atoms with Crippen molar-refractivity contribution in [3.63, 3.8) is 0 Å². The number of carboxylic acids is 1. The minimum absolute atomic E-state index is 0.274. The summed E-state index contributed by atoms with van der Waals surface area (Å²) >= 11 is 0. The molecule has 2 aromatic rings. The molecular weight excluding hydrogens is 218 g/mol. The van der Waals surface area contributed by atoms with E-state index in [1.54, 1.807) is 0 Å². The molecule has 1 heterocycles. The molecule has 1 aromatic carbocycles. The molecular formula is C13H13NO3. The van der Waals surface area contributed by atoms with E-state index in [1.165, 1.54) is 7.11 Å². The molecule has 2 rings (SSSR count). The molecule has 17 heavy (non-hydrogen) atoms. The van der Waals surface area contributed by atoms with Crippen molar-refractivity contribution in [1.82, 2.24) is 4.98 Å². The topological polar surface area (TPSA) is 59.4 Å². The summed E-state index contributed by atoms with van der Waals surface area (Å²) in [6.45, 7) is 0. The normalized spacial score (nSPS) is 12.5. The average molecular weight is 231 g/mol. The van der Waals surface area contributed by atoms with Crippen molar-refractivity contribution in [1.29, 1.82) is 0 Å². The van der Waals surface area contributed by atoms with Gasteiger partial charge in [-0.15, -0.1) is 0 Å². The lowest BCUT2D eigenvalue weighted by Crippen LogP contribution is -2.25. The maximum Gasteiger partial charge on any atom is 0.333 e. The Labute approximate surface area is 98.9 Å². The van der Waals surface area contributed by atoms with Crippen molar-refractivity contribution in [3.8, 4) is 0 Å². The Morgan fingerprint density at radius 2 is 2.12 bits per heavy atom. The van der Waals surface area contributed by atoms with Gasteiger partial charge in [-0.05, 0) is 12.1 Å². The number of aliphatic carboxylic acids is 1. The van der Waals surface area contributed by atoms with E-state index in [0.29, 0.717) is 0 Å². The molecule has 0 spiro atoms. The Morgan fingerprint density at radius 3 is 2.82 bits per heavy atom. The standard InChI is InChI=1S/C13H13NO3/c1-17-12(13(15)16)8-10-7-6-9-4-2-3-5-11(9)14-10/h2-7,12H,8H2,1H3,(H,15,16). The van der Waals surface area contributed by atoms with Crippen molar-refractivity contribution >= 4 is 16.9 Å². The first-order chi connectivity index (χ1) is 8.20. The summed E-state index contributed by atoms with van der Waals surface area (Å²) < 4.78 is 4.89. The first-order valence-corrected chi connectivity index (χ1v) is 5.31. The highest BCUT2D eigenvalue weighted by Gasteiger charge is 2.17. The van der Waals surface area contributed by atoms with Crippen molar-refractivity contribution in [2.24, 2.45) is 0 Å². The highest BCUT2D eigenvalue weighted by molar-refractivity contribution is 5.78. The Kier molecular flexibility index (Phi) is 3.35. The molecule has 0 radical (unpaired) electrons. The van der Waals surface area contributed by atoms with E-state index in [-0.39, 0.29) is 6.42 Å². The lowest BCUT2D eigenvalue weighted by molar-refractivity contribution is -0.148. The van der Waals surface area contributed by atoms with Crippen LogP contribution in [0.15, 0.2) is 36.4 Å². The number of rotatable bonds is 4. The highest BCUT2D eigenvalue weighted by Crippen LogP contribution is 2.13. The van der Waals surface area contributed by atoms with E-state index < -0.39 is 12.1 Å². The highest BCUT2D eigenvalue weighted by atomic mass is 16.5. The van der Waals surface area contributed by atoms with Crippen LogP contribution < -0.4 is 0 Å². The van der Waals surface area contributed by atoms with Gasteiger partial charge < -0.3 is 9.84 Å². The van der Waals surface area contributed by atoms with Crippen LogP contribution in [0.3, 0.4) is 0 Å². The second-order valence-electron chi connectivity index (χ2n) is 3.76. The Balaban J connectivity index is 2.27. The zero-order valence-corrected chi connectivity index (χ0v) is 9.46. The van der Waals surface area contributed by atoms with Crippen LogP contribution >= 0.6 is 0 Å². The molecule has 0 fully saturated rings. The average Bonchev–Trinajstić information content (AvgIpc) is 2.35. The lowest BCUT2D eigenvalue weighted by atomic mass is 10.1. The summed E-state index contributed by atoms with van der Waals surface area (Å²) in [6, 6.07) is 11.5. The summed E-state index contributed by atoms with van der Waals surface area (Å²) in [5.41, 5.74) is 1.59. The van der Waals surface area contributed by atoms with Gasteiger partial charge in [-0.25, -0.2) is 4.79 Å². The second kappa shape index (κ2) is 4.93. The third-order valence-electron chi connectivity index (χ3n) is 2.61. The number of nitrogens with zero attached hydrogens (tertiary/aromatic N) is 1. The summed E-state index contributed by atoms with van der Waals surface area (Å²) in [5, 5.41) is 9.94. The Hall–Kier alpha value is -1.94. The maximum absolute atomic E-state index is 10.8. The predicted octanol–water partition coefficient (Wildman–Crippen LogP) is 1.88. The molecule has 1 atom stereocenters. The quantitative estimate of drug-likeness (QED) is 0.872. The number of hydrogen-bond donors (Lipinski definition) is 1. The number of methoxy groups -OCH3 is 1. The SMILES string of the molecule is COC(Cc1ccc2ccccc2n1)C(=O)O. The molecule has 0 amide bonds. The van der Waals surface area contributed by atoms with Crippen LogP contribution in [0, 0.1) is 0 Å². The van der Waals surface area contributed by atoms with Crippen LogP contribution in [0.5, 0.6) is 0 Å². The fourth-order valence-corrected chi connectivity index (χ4v) is 1.68. The van der Waals surface area contributed by atoms with Crippen LogP contribution in [0.25, 0.3) is 10.9 Å². The first-order valence-electron chi connectivity index (χ1n) is 5.31. The molecule has 1 N–H and O–H groups in total. The fourth-order valence-electron chi connectivity index (χ4n) is 1.68. The number of hydrogen-bond acceptors (Lipinski definition) is 3. The Bertz CT molecular complexity index is 539. The third-order valence-corrected chi connectivity index (χ3v) is 2.61. The van der Waals surface area contributed by atoms with E-state index in [9.17, 15) is 4.79 Å². The number of pyridine rings is 1. The van der Waals surface area contributed by atoms with E-state index in [2.05, 4.69) is 4.98 Å². The second-order valence-corrected chi connectivity index (χ2v) is 3.76. The zero-order chi connectivity index (χ0) is 12.3. The molecule has 0 bridgehead atoms. The fraction of sp³-hybridized carbons (Fsp3) is 0.231. The number of carboxylic acid groups (broad SMARTS) is 1. The van der Waals surface area contributed by atoms with Gasteiger partial charge in [-0.1, -0.05) is 24.3 Å². The summed E-state index contributed by atoms with van der Waals surface area (Å²) in [6.07, 6.45) is -0.569. The molecule has 1 unspecified atom stereocenters. The van der Waals surface area contributed by atoms with E-state index in [4.69, 9.17) is 9.84 Å². The van der Waals surface area contributed by atoms with Gasteiger partial charge in [0.25, 0.3) is 0 Å². The van der Waals surface area contributed by atoms with E-state index >= 15 is 0 Å². The molecule has 0 saturated heterocycles. The monoisotopic (exact) mass is 231 g/mol. The summed E-state index contributed by atoms with van der Waals surface area (Å²) in [4.78, 5) is 15.2. The van der Waals surface area contributed by atoms with Gasteiger partial charge in [0, 0.05) is 24.6 Å². The molecule has 88 valence electrons. The van der Waals surface area contributed by atoms with Crippen LogP contribution in [0.4, 0.5) is 0 Å². The number of aromatic nitrogens is 1. The summed E-state index contributed by atoms with van der Waals surface area (Å²) in [7, 11) is 1.39. The number of para-hydroxylation sites is 1. The van der Waals surface area contributed by atoms with Gasteiger partial charge in [0.05, 0.1) is 5.52 Å². The number of benzene rings is 1. The number of ether oxygens (including phenoxy) is 1. The first kappa shape index (κ1) is 11.5. The molecule has 0 saturated carbocycles. The van der Waals surface area contributed by atoms with Gasteiger partial charge in [0.1, 0.15) is 0 Å². The van der Waals surface area contributed by atoms with Crippen molar-refractivity contribution in [3.05, 3.63) is 42.1 Å².